The van der Waals surface area contributed by atoms with Gasteiger partial charge in [-0.15, -0.1) is 0 Å². The Bertz CT molecular complexity index is 1070. The van der Waals surface area contributed by atoms with Crippen LogP contribution in [0.15, 0.2) is 47.1 Å². The van der Waals surface area contributed by atoms with Crippen LogP contribution in [0.2, 0.25) is 0 Å². The fourth-order valence-corrected chi connectivity index (χ4v) is 4.48. The van der Waals surface area contributed by atoms with E-state index in [4.69, 9.17) is 9.40 Å². The zero-order chi connectivity index (χ0) is 20.7. The molecule has 154 valence electrons. The standard InChI is InChI=1S/C23H23FN4O2/c1-15-22-18(13-16(14-20(22)29)21-7-4-12-30-21)26-23(25-15)28-10-8-27(9-11-28)19-6-3-2-5-17(19)24/h2-7,12,16H,8-11,13-14H2,1H3. The molecule has 1 aliphatic carbocycles. The molecule has 7 heteroatoms. The maximum absolute atomic E-state index is 14.1. The number of hydrogen-bond donors (Lipinski definition) is 0. The molecule has 0 radical (unpaired) electrons. The monoisotopic (exact) mass is 406 g/mol. The van der Waals surface area contributed by atoms with E-state index >= 15 is 0 Å². The molecular weight excluding hydrogens is 383 g/mol. The number of benzene rings is 1. The van der Waals surface area contributed by atoms with Crippen LogP contribution in [0.3, 0.4) is 0 Å². The largest absolute Gasteiger partial charge is 0.469 e. The molecule has 30 heavy (non-hydrogen) atoms. The zero-order valence-electron chi connectivity index (χ0n) is 16.8. The lowest BCUT2D eigenvalue weighted by Gasteiger charge is -2.36. The van der Waals surface area contributed by atoms with Crippen LogP contribution < -0.4 is 9.80 Å². The van der Waals surface area contributed by atoms with Gasteiger partial charge in [0.05, 0.1) is 28.9 Å². The van der Waals surface area contributed by atoms with Crippen molar-refractivity contribution in [2.24, 2.45) is 0 Å². The summed E-state index contributed by atoms with van der Waals surface area (Å²) in [5, 5.41) is 0. The Morgan fingerprint density at radius 2 is 1.77 bits per heavy atom. The quantitative estimate of drug-likeness (QED) is 0.660. The second-order valence-corrected chi connectivity index (χ2v) is 7.90. The first-order chi connectivity index (χ1) is 14.6. The Morgan fingerprint density at radius 1 is 1.00 bits per heavy atom. The van der Waals surface area contributed by atoms with Gasteiger partial charge in [0, 0.05) is 44.9 Å². The van der Waals surface area contributed by atoms with Crippen molar-refractivity contribution in [3.63, 3.8) is 0 Å². The van der Waals surface area contributed by atoms with Crippen molar-refractivity contribution >= 4 is 17.4 Å². The van der Waals surface area contributed by atoms with E-state index in [2.05, 4.69) is 9.88 Å². The van der Waals surface area contributed by atoms with Crippen molar-refractivity contribution in [3.05, 3.63) is 71.2 Å². The molecule has 1 atom stereocenters. The molecule has 6 nitrogen and oxygen atoms in total. The Labute approximate surface area is 174 Å². The van der Waals surface area contributed by atoms with Crippen LogP contribution in [0.1, 0.15) is 39.8 Å². The summed E-state index contributed by atoms with van der Waals surface area (Å²) < 4.78 is 19.6. The first-order valence-electron chi connectivity index (χ1n) is 10.3. The number of rotatable bonds is 3. The van der Waals surface area contributed by atoms with Gasteiger partial charge >= 0.3 is 0 Å². The second kappa shape index (κ2) is 7.55. The Morgan fingerprint density at radius 3 is 2.50 bits per heavy atom. The summed E-state index contributed by atoms with van der Waals surface area (Å²) in [4.78, 5) is 26.3. The lowest BCUT2D eigenvalue weighted by Crippen LogP contribution is -2.47. The third-order valence-corrected chi connectivity index (χ3v) is 6.00. The van der Waals surface area contributed by atoms with E-state index in [9.17, 15) is 9.18 Å². The third-order valence-electron chi connectivity index (χ3n) is 6.00. The SMILES string of the molecule is Cc1nc(N2CCN(c3ccccc3F)CC2)nc2c1C(=O)CC(c1ccco1)C2. The minimum Gasteiger partial charge on any atom is -0.469 e. The number of furan rings is 1. The van der Waals surface area contributed by atoms with Crippen molar-refractivity contribution in [1.82, 2.24) is 9.97 Å². The molecule has 1 aromatic carbocycles. The van der Waals surface area contributed by atoms with Crippen LogP contribution in [0.25, 0.3) is 0 Å². The molecule has 0 spiro atoms. The van der Waals surface area contributed by atoms with Gasteiger partial charge in [-0.1, -0.05) is 12.1 Å². The molecule has 1 unspecified atom stereocenters. The molecule has 1 saturated heterocycles. The van der Waals surface area contributed by atoms with Gasteiger partial charge in [0.2, 0.25) is 5.95 Å². The van der Waals surface area contributed by atoms with E-state index in [1.165, 1.54) is 6.07 Å². The topological polar surface area (TPSA) is 62.5 Å². The van der Waals surface area contributed by atoms with Crippen LogP contribution >= 0.6 is 0 Å². The number of piperazine rings is 1. The molecule has 5 rings (SSSR count). The average Bonchev–Trinajstić information content (AvgIpc) is 3.29. The van der Waals surface area contributed by atoms with E-state index in [-0.39, 0.29) is 17.5 Å². The van der Waals surface area contributed by atoms with E-state index in [1.807, 2.05) is 36.1 Å². The molecule has 2 aromatic heterocycles. The molecule has 0 bridgehead atoms. The first kappa shape index (κ1) is 18.8. The van der Waals surface area contributed by atoms with Gasteiger partial charge < -0.3 is 14.2 Å². The van der Waals surface area contributed by atoms with E-state index in [0.717, 1.165) is 17.1 Å². The zero-order valence-corrected chi connectivity index (χ0v) is 16.8. The Hall–Kier alpha value is -3.22. The van der Waals surface area contributed by atoms with E-state index in [1.54, 1.807) is 12.3 Å². The summed E-state index contributed by atoms with van der Waals surface area (Å²) >= 11 is 0. The number of ketones is 1. The molecule has 0 amide bonds. The molecule has 3 heterocycles. The predicted molar refractivity (Wildman–Crippen MR) is 112 cm³/mol. The van der Waals surface area contributed by atoms with Crippen LogP contribution in [0.4, 0.5) is 16.0 Å². The van der Waals surface area contributed by atoms with Crippen LogP contribution in [0, 0.1) is 12.7 Å². The fourth-order valence-electron chi connectivity index (χ4n) is 4.48. The summed E-state index contributed by atoms with van der Waals surface area (Å²) in [6, 6.07) is 10.6. The molecule has 3 aromatic rings. The number of Topliss-reactive ketones (excluding diaryl/α,β-unsaturated/α-hetero) is 1. The highest BCUT2D eigenvalue weighted by Crippen LogP contribution is 2.34. The van der Waals surface area contributed by atoms with Crippen LogP contribution in [0.5, 0.6) is 0 Å². The van der Waals surface area contributed by atoms with Crippen molar-refractivity contribution in [2.75, 3.05) is 36.0 Å². The molecule has 0 saturated carbocycles. The molecular formula is C23H23FN4O2. The number of carbonyl (C=O) groups is 1. The maximum atomic E-state index is 14.1. The van der Waals surface area contributed by atoms with E-state index < -0.39 is 0 Å². The minimum absolute atomic E-state index is 0.0139. The summed E-state index contributed by atoms with van der Waals surface area (Å²) in [6.07, 6.45) is 2.73. The predicted octanol–water partition coefficient (Wildman–Crippen LogP) is 3.76. The number of carbonyl (C=O) groups excluding carboxylic acids is 1. The first-order valence-corrected chi connectivity index (χ1v) is 10.3. The number of fused-ring (bicyclic) bond motifs is 1. The van der Waals surface area contributed by atoms with Gasteiger partial charge in [0.1, 0.15) is 11.6 Å². The molecule has 1 fully saturated rings. The van der Waals surface area contributed by atoms with Gasteiger partial charge in [-0.2, -0.15) is 0 Å². The van der Waals surface area contributed by atoms with Crippen LogP contribution in [-0.2, 0) is 6.42 Å². The van der Waals surface area contributed by atoms with Crippen molar-refractivity contribution < 1.29 is 13.6 Å². The smallest absolute Gasteiger partial charge is 0.225 e. The number of aryl methyl sites for hydroxylation is 1. The number of hydrogen-bond acceptors (Lipinski definition) is 6. The summed E-state index contributed by atoms with van der Waals surface area (Å²) in [6.45, 7) is 4.65. The highest BCUT2D eigenvalue weighted by Gasteiger charge is 2.32. The molecule has 2 aliphatic rings. The Balaban J connectivity index is 1.37. The minimum atomic E-state index is -0.200. The summed E-state index contributed by atoms with van der Waals surface area (Å²) in [7, 11) is 0. The van der Waals surface area contributed by atoms with Crippen molar-refractivity contribution in [3.8, 4) is 0 Å². The Kier molecular flexibility index (Phi) is 4.73. The second-order valence-electron chi connectivity index (χ2n) is 7.90. The van der Waals surface area contributed by atoms with Gasteiger partial charge in [0.15, 0.2) is 5.78 Å². The number of para-hydroxylation sites is 1. The lowest BCUT2D eigenvalue weighted by molar-refractivity contribution is 0.0958. The molecule has 1 aliphatic heterocycles. The van der Waals surface area contributed by atoms with Crippen molar-refractivity contribution in [2.45, 2.75) is 25.7 Å². The highest BCUT2D eigenvalue weighted by atomic mass is 19.1. The van der Waals surface area contributed by atoms with E-state index in [0.29, 0.717) is 56.2 Å². The van der Waals surface area contributed by atoms with Gasteiger partial charge in [-0.25, -0.2) is 14.4 Å². The highest BCUT2D eigenvalue weighted by molar-refractivity contribution is 5.99. The number of halogens is 1. The summed E-state index contributed by atoms with van der Waals surface area (Å²) in [5.41, 5.74) is 2.82. The molecule has 0 N–H and O–H groups in total. The number of anilines is 2. The van der Waals surface area contributed by atoms with Crippen LogP contribution in [-0.4, -0.2) is 41.9 Å². The normalized spacial score (nSPS) is 19.1. The van der Waals surface area contributed by atoms with Gasteiger partial charge in [-0.05, 0) is 31.2 Å². The lowest BCUT2D eigenvalue weighted by atomic mass is 9.84. The van der Waals surface area contributed by atoms with Gasteiger partial charge in [-0.3, -0.25) is 4.79 Å². The summed E-state index contributed by atoms with van der Waals surface area (Å²) in [5.74, 6) is 1.36. The average molecular weight is 406 g/mol. The maximum Gasteiger partial charge on any atom is 0.225 e. The number of nitrogens with zero attached hydrogens (tertiary/aromatic N) is 4. The number of aromatic nitrogens is 2. The van der Waals surface area contributed by atoms with Gasteiger partial charge in [0.25, 0.3) is 0 Å². The van der Waals surface area contributed by atoms with Crippen molar-refractivity contribution in [1.29, 1.82) is 0 Å². The fraction of sp³-hybridized carbons (Fsp3) is 0.348. The third kappa shape index (κ3) is 3.34.